The summed E-state index contributed by atoms with van der Waals surface area (Å²) < 4.78 is 5.82. The molecule has 1 aliphatic carbocycles. The minimum Gasteiger partial charge on any atom is -0.477 e. The Morgan fingerprint density at radius 1 is 1.11 bits per heavy atom. The van der Waals surface area contributed by atoms with Crippen molar-refractivity contribution >= 4 is 28.9 Å². The van der Waals surface area contributed by atoms with Crippen LogP contribution in [0, 0.1) is 5.41 Å². The molecule has 0 saturated heterocycles. The quantitative estimate of drug-likeness (QED) is 0.333. The van der Waals surface area contributed by atoms with Crippen LogP contribution >= 0.6 is 0 Å². The third-order valence-electron chi connectivity index (χ3n) is 6.46. The third-order valence-corrected chi connectivity index (χ3v) is 6.46. The number of carbonyl (C=O) groups excluding carboxylic acids is 1. The highest BCUT2D eigenvalue weighted by Crippen LogP contribution is 2.29. The molecule has 0 bridgehead atoms. The van der Waals surface area contributed by atoms with Crippen molar-refractivity contribution in [3.05, 3.63) is 71.5 Å². The lowest BCUT2D eigenvalue weighted by molar-refractivity contribution is -0.127. The number of aromatic nitrogens is 2. The average molecular weight is 472 g/mol. The van der Waals surface area contributed by atoms with E-state index >= 15 is 0 Å². The first-order valence-corrected chi connectivity index (χ1v) is 11.9. The van der Waals surface area contributed by atoms with Crippen LogP contribution in [0.5, 0.6) is 5.75 Å². The molecule has 1 aromatic heterocycles. The number of para-hydroxylation sites is 2. The molecule has 1 aliphatic heterocycles. The number of anilines is 3. The third kappa shape index (κ3) is 5.03. The molecular weight excluding hydrogens is 442 g/mol. The second-order valence-corrected chi connectivity index (χ2v) is 8.88. The number of amides is 1. The molecule has 0 spiro atoms. The number of benzene rings is 2. The molecule has 180 valence electrons. The Hall–Kier alpha value is -4.14. The van der Waals surface area contributed by atoms with Gasteiger partial charge in [-0.25, -0.2) is 9.97 Å². The molecule has 35 heavy (non-hydrogen) atoms. The number of nitrogens with zero attached hydrogens (tertiary/aromatic N) is 2. The molecular formula is C26H29N7O2. The van der Waals surface area contributed by atoms with Crippen molar-refractivity contribution in [1.82, 2.24) is 15.3 Å². The fraction of sp³-hybridized carbons (Fsp3) is 0.308. The van der Waals surface area contributed by atoms with Gasteiger partial charge >= 0.3 is 0 Å². The Labute approximate surface area is 204 Å². The van der Waals surface area contributed by atoms with E-state index in [9.17, 15) is 4.79 Å². The molecule has 1 saturated carbocycles. The van der Waals surface area contributed by atoms with E-state index in [1.807, 2.05) is 48.5 Å². The van der Waals surface area contributed by atoms with Crippen molar-refractivity contribution in [2.24, 2.45) is 0 Å². The summed E-state index contributed by atoms with van der Waals surface area (Å²) in [4.78, 5) is 21.1. The Balaban J connectivity index is 1.22. The van der Waals surface area contributed by atoms with Crippen molar-refractivity contribution in [2.45, 2.75) is 44.4 Å². The number of rotatable bonds is 7. The van der Waals surface area contributed by atoms with E-state index in [0.29, 0.717) is 41.8 Å². The Kier molecular flexibility index (Phi) is 6.47. The summed E-state index contributed by atoms with van der Waals surface area (Å²) in [6.07, 6.45) is 5.40. The fourth-order valence-electron chi connectivity index (χ4n) is 4.51. The van der Waals surface area contributed by atoms with E-state index < -0.39 is 6.10 Å². The van der Waals surface area contributed by atoms with Gasteiger partial charge in [0.2, 0.25) is 0 Å². The lowest BCUT2D eigenvalue weighted by atomic mass is 10.0. The summed E-state index contributed by atoms with van der Waals surface area (Å²) in [5.74, 6) is 1.38. The molecule has 2 aliphatic rings. The van der Waals surface area contributed by atoms with Crippen LogP contribution in [-0.2, 0) is 11.3 Å². The lowest BCUT2D eigenvalue weighted by Gasteiger charge is -2.26. The molecule has 1 amide bonds. The van der Waals surface area contributed by atoms with Crippen molar-refractivity contribution in [1.29, 1.82) is 5.41 Å². The molecule has 0 radical (unpaired) electrons. The second kappa shape index (κ2) is 10.0. The summed E-state index contributed by atoms with van der Waals surface area (Å²) in [5.41, 5.74) is 9.44. The number of hydrogen-bond donors (Lipinski definition) is 5. The van der Waals surface area contributed by atoms with E-state index in [-0.39, 0.29) is 17.4 Å². The van der Waals surface area contributed by atoms with Gasteiger partial charge in [0.25, 0.3) is 5.91 Å². The number of ether oxygens (including phenoxy) is 1. The maximum absolute atomic E-state index is 12.6. The van der Waals surface area contributed by atoms with Gasteiger partial charge in [-0.05, 0) is 30.5 Å². The van der Waals surface area contributed by atoms with Gasteiger partial charge in [0.1, 0.15) is 23.7 Å². The Morgan fingerprint density at radius 2 is 1.89 bits per heavy atom. The average Bonchev–Trinajstić information content (AvgIpc) is 3.40. The smallest absolute Gasteiger partial charge is 0.263 e. The molecule has 5 rings (SSSR count). The van der Waals surface area contributed by atoms with Gasteiger partial charge in [0.05, 0.1) is 23.5 Å². The zero-order valence-electron chi connectivity index (χ0n) is 19.4. The van der Waals surface area contributed by atoms with Crippen LogP contribution in [0.25, 0.3) is 0 Å². The number of nitrogens with two attached hydrogens (primary N) is 1. The highest BCUT2D eigenvalue weighted by Gasteiger charge is 2.25. The molecule has 1 fully saturated rings. The van der Waals surface area contributed by atoms with Crippen LogP contribution in [0.1, 0.15) is 42.4 Å². The van der Waals surface area contributed by atoms with Crippen LogP contribution in [-0.4, -0.2) is 40.3 Å². The summed E-state index contributed by atoms with van der Waals surface area (Å²) in [6.45, 7) is 0.774. The minimum absolute atomic E-state index is 0.180. The van der Waals surface area contributed by atoms with Crippen molar-refractivity contribution in [3.63, 3.8) is 0 Å². The maximum Gasteiger partial charge on any atom is 0.263 e. The Morgan fingerprint density at radius 3 is 2.69 bits per heavy atom. The normalized spacial score (nSPS) is 17.1. The van der Waals surface area contributed by atoms with Crippen LogP contribution in [0.2, 0.25) is 0 Å². The van der Waals surface area contributed by atoms with E-state index in [0.717, 1.165) is 24.1 Å². The highest BCUT2D eigenvalue weighted by atomic mass is 16.5. The molecule has 6 N–H and O–H groups in total. The predicted molar refractivity (Wildman–Crippen MR) is 136 cm³/mol. The van der Waals surface area contributed by atoms with Gasteiger partial charge < -0.3 is 26.4 Å². The second-order valence-electron chi connectivity index (χ2n) is 8.88. The van der Waals surface area contributed by atoms with Crippen LogP contribution in [0.15, 0.2) is 54.9 Å². The first-order chi connectivity index (χ1) is 17.1. The molecule has 1 unspecified atom stereocenters. The van der Waals surface area contributed by atoms with Gasteiger partial charge in [-0.3, -0.25) is 10.2 Å². The van der Waals surface area contributed by atoms with E-state index in [1.54, 1.807) is 0 Å². The summed E-state index contributed by atoms with van der Waals surface area (Å²) in [6, 6.07) is 15.4. The van der Waals surface area contributed by atoms with Gasteiger partial charge in [-0.15, -0.1) is 0 Å². The summed E-state index contributed by atoms with van der Waals surface area (Å²) in [7, 11) is 0. The van der Waals surface area contributed by atoms with Gasteiger partial charge in [-0.2, -0.15) is 0 Å². The standard InChI is InChI=1S/C26H29N7O2/c27-23(22-24(28)31-15-32-25(22)33-18-5-1-2-6-18)17-11-9-16(10-12-17)13-30-26(34)21-14-29-19-7-3-4-8-20(19)35-21/h3-4,7-12,15,18,21,27,29H,1-2,5-6,13-14H2,(H,30,34)(H3,28,31,32,33). The molecule has 9 nitrogen and oxygen atoms in total. The van der Waals surface area contributed by atoms with Crippen molar-refractivity contribution in [2.75, 3.05) is 22.9 Å². The number of carbonyl (C=O) groups is 1. The van der Waals surface area contributed by atoms with Crippen molar-refractivity contribution in [3.8, 4) is 5.75 Å². The van der Waals surface area contributed by atoms with E-state index in [2.05, 4.69) is 25.9 Å². The van der Waals surface area contributed by atoms with Crippen LogP contribution in [0.3, 0.4) is 0 Å². The molecule has 3 aromatic rings. The number of fused-ring (bicyclic) bond motifs is 1. The molecule has 1 atom stereocenters. The van der Waals surface area contributed by atoms with Gasteiger partial charge in [0.15, 0.2) is 6.10 Å². The Bertz CT molecular complexity index is 1220. The van der Waals surface area contributed by atoms with Crippen molar-refractivity contribution < 1.29 is 9.53 Å². The topological polar surface area (TPSA) is 138 Å². The van der Waals surface area contributed by atoms with Gasteiger partial charge in [-0.1, -0.05) is 49.2 Å². The number of nitrogens with one attached hydrogen (secondary N) is 4. The number of nitrogen functional groups attached to an aromatic ring is 1. The largest absolute Gasteiger partial charge is 0.477 e. The fourth-order valence-corrected chi connectivity index (χ4v) is 4.51. The number of hydrogen-bond acceptors (Lipinski definition) is 8. The minimum atomic E-state index is -0.593. The monoisotopic (exact) mass is 471 g/mol. The molecule has 2 heterocycles. The van der Waals surface area contributed by atoms with Crippen LogP contribution in [0.4, 0.5) is 17.3 Å². The predicted octanol–water partition coefficient (Wildman–Crippen LogP) is 3.32. The first-order valence-electron chi connectivity index (χ1n) is 11.9. The summed E-state index contributed by atoms with van der Waals surface area (Å²) in [5, 5.41) is 18.4. The maximum atomic E-state index is 12.6. The first kappa shape index (κ1) is 22.6. The zero-order valence-corrected chi connectivity index (χ0v) is 19.4. The zero-order chi connectivity index (χ0) is 24.2. The van der Waals surface area contributed by atoms with E-state index in [4.69, 9.17) is 15.9 Å². The lowest BCUT2D eigenvalue weighted by Crippen LogP contribution is -2.44. The molecule has 9 heteroatoms. The SMILES string of the molecule is N=C(c1ccc(CNC(=O)C2CNc3ccccc3O2)cc1)c1c(N)ncnc1NC1CCCC1. The summed E-state index contributed by atoms with van der Waals surface area (Å²) >= 11 is 0. The van der Waals surface area contributed by atoms with Gasteiger partial charge in [0, 0.05) is 18.2 Å². The molecule has 2 aromatic carbocycles. The highest BCUT2D eigenvalue weighted by molar-refractivity contribution is 6.16. The van der Waals surface area contributed by atoms with E-state index in [1.165, 1.54) is 19.2 Å². The van der Waals surface area contributed by atoms with Crippen LogP contribution < -0.4 is 26.4 Å².